The van der Waals surface area contributed by atoms with Crippen LogP contribution in [0, 0.1) is 5.92 Å². The van der Waals surface area contributed by atoms with Gasteiger partial charge < -0.3 is 14.5 Å². The van der Waals surface area contributed by atoms with Gasteiger partial charge in [0.25, 0.3) is 0 Å². The summed E-state index contributed by atoms with van der Waals surface area (Å²) < 4.78 is 5.53. The predicted octanol–water partition coefficient (Wildman–Crippen LogP) is 2.64. The fourth-order valence-electron chi connectivity index (χ4n) is 4.21. The van der Waals surface area contributed by atoms with E-state index in [2.05, 4.69) is 59.7 Å². The minimum atomic E-state index is 0.266. The Labute approximate surface area is 183 Å². The lowest BCUT2D eigenvalue weighted by molar-refractivity contribution is -0.133. The third-order valence-electron chi connectivity index (χ3n) is 6.09. The van der Waals surface area contributed by atoms with E-state index in [1.807, 2.05) is 12.1 Å². The molecule has 0 spiro atoms. The zero-order chi connectivity index (χ0) is 21.9. The largest absolute Gasteiger partial charge is 0.496 e. The van der Waals surface area contributed by atoms with Gasteiger partial charge in [0, 0.05) is 38.3 Å². The number of hydrogen-bond acceptors (Lipinski definition) is 5. The van der Waals surface area contributed by atoms with Crippen molar-refractivity contribution >= 4 is 5.91 Å². The Hall–Kier alpha value is -1.63. The van der Waals surface area contributed by atoms with Crippen LogP contribution in [-0.2, 0) is 11.3 Å². The topological polar surface area (TPSA) is 39.3 Å². The van der Waals surface area contributed by atoms with Gasteiger partial charge in [-0.3, -0.25) is 14.6 Å². The van der Waals surface area contributed by atoms with Gasteiger partial charge in [0.05, 0.1) is 13.7 Å². The molecule has 0 saturated carbocycles. The number of carbonyl (C=O) groups excluding carboxylic acids is 1. The summed E-state index contributed by atoms with van der Waals surface area (Å²) in [5, 5.41) is 0. The van der Waals surface area contributed by atoms with Crippen LogP contribution < -0.4 is 4.74 Å². The zero-order valence-electron chi connectivity index (χ0n) is 19.8. The van der Waals surface area contributed by atoms with E-state index >= 15 is 0 Å². The zero-order valence-corrected chi connectivity index (χ0v) is 19.8. The summed E-state index contributed by atoms with van der Waals surface area (Å²) in [6.45, 7) is 12.2. The van der Waals surface area contributed by atoms with Crippen molar-refractivity contribution in [3.8, 4) is 5.75 Å². The number of benzene rings is 1. The van der Waals surface area contributed by atoms with Gasteiger partial charge in [-0.25, -0.2) is 0 Å². The minimum Gasteiger partial charge on any atom is -0.496 e. The molecule has 6 heteroatoms. The van der Waals surface area contributed by atoms with E-state index in [1.54, 1.807) is 7.11 Å². The third kappa shape index (κ3) is 7.89. The third-order valence-corrected chi connectivity index (χ3v) is 6.09. The van der Waals surface area contributed by atoms with Crippen LogP contribution in [0.3, 0.4) is 0 Å². The lowest BCUT2D eigenvalue weighted by Gasteiger charge is -2.36. The number of likely N-dealkylation sites (N-methyl/N-ethyl adjacent to an activating group) is 2. The maximum atomic E-state index is 13.0. The highest BCUT2D eigenvalue weighted by atomic mass is 16.5. The van der Waals surface area contributed by atoms with Gasteiger partial charge >= 0.3 is 0 Å². The molecule has 30 heavy (non-hydrogen) atoms. The van der Waals surface area contributed by atoms with Gasteiger partial charge in [-0.15, -0.1) is 0 Å². The molecule has 0 aliphatic carbocycles. The van der Waals surface area contributed by atoms with Gasteiger partial charge in [-0.05, 0) is 58.6 Å². The Kier molecular flexibility index (Phi) is 10.6. The van der Waals surface area contributed by atoms with E-state index in [9.17, 15) is 4.79 Å². The summed E-state index contributed by atoms with van der Waals surface area (Å²) in [5.74, 6) is 1.75. The average molecular weight is 419 g/mol. The Morgan fingerprint density at radius 3 is 2.57 bits per heavy atom. The first-order valence-electron chi connectivity index (χ1n) is 11.5. The lowest BCUT2D eigenvalue weighted by Crippen LogP contribution is -2.47. The average Bonchev–Trinajstić information content (AvgIpc) is 2.75. The highest BCUT2D eigenvalue weighted by molar-refractivity contribution is 5.78. The van der Waals surface area contributed by atoms with Crippen molar-refractivity contribution in [1.29, 1.82) is 0 Å². The van der Waals surface area contributed by atoms with Crippen LogP contribution in [0.25, 0.3) is 0 Å². The molecule has 1 amide bonds. The van der Waals surface area contributed by atoms with Crippen LogP contribution in [0.2, 0.25) is 0 Å². The predicted molar refractivity (Wildman–Crippen MR) is 124 cm³/mol. The van der Waals surface area contributed by atoms with E-state index in [1.165, 1.54) is 18.4 Å². The van der Waals surface area contributed by atoms with E-state index in [0.29, 0.717) is 12.5 Å². The first kappa shape index (κ1) is 24.6. The molecule has 1 saturated heterocycles. The standard InChI is InChI=1S/C24H42N4O2/c1-6-26(7-2)20-24(29)28(16-15-25(3)4)18-21-11-10-14-27(17-21)19-22-12-8-9-13-23(22)30-5/h8-9,12-13,21H,6-7,10-11,14-20H2,1-5H3/t21-/m1/s1. The van der Waals surface area contributed by atoms with E-state index < -0.39 is 0 Å². The molecule has 1 aliphatic rings. The molecule has 1 fully saturated rings. The molecule has 1 aromatic carbocycles. The molecule has 1 atom stereocenters. The Bertz CT molecular complexity index is 633. The number of piperidine rings is 1. The van der Waals surface area contributed by atoms with Crippen molar-refractivity contribution in [3.63, 3.8) is 0 Å². The molecule has 0 unspecified atom stereocenters. The van der Waals surface area contributed by atoms with Gasteiger partial charge in [0.15, 0.2) is 0 Å². The molecular weight excluding hydrogens is 376 g/mol. The highest BCUT2D eigenvalue weighted by Gasteiger charge is 2.25. The van der Waals surface area contributed by atoms with Crippen molar-refractivity contribution in [2.45, 2.75) is 33.2 Å². The summed E-state index contributed by atoms with van der Waals surface area (Å²) in [4.78, 5) is 22.0. The second-order valence-electron chi connectivity index (χ2n) is 8.66. The van der Waals surface area contributed by atoms with Crippen molar-refractivity contribution < 1.29 is 9.53 Å². The number of nitrogens with zero attached hydrogens (tertiary/aromatic N) is 4. The molecule has 6 nitrogen and oxygen atoms in total. The molecule has 2 rings (SSSR count). The normalized spacial score (nSPS) is 17.5. The number of carbonyl (C=O) groups is 1. The molecule has 0 N–H and O–H groups in total. The summed E-state index contributed by atoms with van der Waals surface area (Å²) in [6, 6.07) is 8.28. The van der Waals surface area contributed by atoms with Crippen LogP contribution in [0.4, 0.5) is 0 Å². The smallest absolute Gasteiger partial charge is 0.236 e. The molecule has 0 radical (unpaired) electrons. The van der Waals surface area contributed by atoms with Crippen molar-refractivity contribution in [2.24, 2.45) is 5.92 Å². The van der Waals surface area contributed by atoms with Crippen molar-refractivity contribution in [1.82, 2.24) is 19.6 Å². The summed E-state index contributed by atoms with van der Waals surface area (Å²) in [5.41, 5.74) is 1.24. The van der Waals surface area contributed by atoms with Crippen LogP contribution in [0.15, 0.2) is 24.3 Å². The molecule has 1 aromatic rings. The van der Waals surface area contributed by atoms with Gasteiger partial charge in [0.1, 0.15) is 5.75 Å². The second-order valence-corrected chi connectivity index (χ2v) is 8.66. The fraction of sp³-hybridized carbons (Fsp3) is 0.708. The molecule has 170 valence electrons. The van der Waals surface area contributed by atoms with Gasteiger partial charge in [-0.2, -0.15) is 0 Å². The van der Waals surface area contributed by atoms with Crippen LogP contribution in [-0.4, -0.2) is 99.1 Å². The Morgan fingerprint density at radius 2 is 1.90 bits per heavy atom. The number of rotatable bonds is 12. The SMILES string of the molecule is CCN(CC)CC(=O)N(CCN(C)C)C[C@@H]1CCCN(Cc2ccccc2OC)C1. The highest BCUT2D eigenvalue weighted by Crippen LogP contribution is 2.24. The van der Waals surface area contributed by atoms with Crippen molar-refractivity contribution in [3.05, 3.63) is 29.8 Å². The fourth-order valence-corrected chi connectivity index (χ4v) is 4.21. The van der Waals surface area contributed by atoms with E-state index in [0.717, 1.165) is 58.1 Å². The summed E-state index contributed by atoms with van der Waals surface area (Å²) >= 11 is 0. The van der Waals surface area contributed by atoms with Gasteiger partial charge in [-0.1, -0.05) is 32.0 Å². The number of para-hydroxylation sites is 1. The number of ether oxygens (including phenoxy) is 1. The van der Waals surface area contributed by atoms with E-state index in [-0.39, 0.29) is 5.91 Å². The quantitative estimate of drug-likeness (QED) is 0.522. The van der Waals surface area contributed by atoms with Crippen LogP contribution in [0.5, 0.6) is 5.75 Å². The molecular formula is C24H42N4O2. The first-order valence-corrected chi connectivity index (χ1v) is 11.5. The maximum Gasteiger partial charge on any atom is 0.236 e. The summed E-state index contributed by atoms with van der Waals surface area (Å²) in [6.07, 6.45) is 2.38. The van der Waals surface area contributed by atoms with Crippen molar-refractivity contribution in [2.75, 3.05) is 73.6 Å². The first-order chi connectivity index (χ1) is 14.5. The molecule has 1 aliphatic heterocycles. The number of methoxy groups -OCH3 is 1. The Morgan fingerprint density at radius 1 is 1.17 bits per heavy atom. The lowest BCUT2D eigenvalue weighted by atomic mass is 9.96. The van der Waals surface area contributed by atoms with Crippen LogP contribution in [0.1, 0.15) is 32.3 Å². The molecule has 1 heterocycles. The monoisotopic (exact) mass is 418 g/mol. The second kappa shape index (κ2) is 12.9. The van der Waals surface area contributed by atoms with Crippen LogP contribution >= 0.6 is 0 Å². The number of hydrogen-bond donors (Lipinski definition) is 0. The number of amides is 1. The molecule has 0 aromatic heterocycles. The molecule has 0 bridgehead atoms. The number of likely N-dealkylation sites (tertiary alicyclic amines) is 1. The Balaban J connectivity index is 1.98. The summed E-state index contributed by atoms with van der Waals surface area (Å²) in [7, 11) is 5.88. The maximum absolute atomic E-state index is 13.0. The van der Waals surface area contributed by atoms with E-state index in [4.69, 9.17) is 4.74 Å². The minimum absolute atomic E-state index is 0.266. The van der Waals surface area contributed by atoms with Gasteiger partial charge in [0.2, 0.25) is 5.91 Å².